The topological polar surface area (TPSA) is 49.4 Å². The summed E-state index contributed by atoms with van der Waals surface area (Å²) in [7, 11) is 0. The molecule has 0 bridgehead atoms. The van der Waals surface area contributed by atoms with Crippen LogP contribution in [0.15, 0.2) is 30.3 Å². The Bertz CT molecular complexity index is 548. The van der Waals surface area contributed by atoms with E-state index in [2.05, 4.69) is 26.1 Å². The Morgan fingerprint density at radius 3 is 2.36 bits per heavy atom. The fourth-order valence-electron chi connectivity index (χ4n) is 3.42. The third-order valence-corrected chi connectivity index (χ3v) is 5.03. The van der Waals surface area contributed by atoms with Crippen molar-refractivity contribution in [1.29, 1.82) is 0 Å². The molecule has 0 aromatic heterocycles. The van der Waals surface area contributed by atoms with Gasteiger partial charge in [0.1, 0.15) is 0 Å². The Morgan fingerprint density at radius 2 is 1.80 bits per heavy atom. The maximum Gasteiger partial charge on any atom is 0.230 e. The van der Waals surface area contributed by atoms with Gasteiger partial charge in [0.2, 0.25) is 11.8 Å². The quantitative estimate of drug-likeness (QED) is 0.819. The second-order valence-electron chi connectivity index (χ2n) is 7.47. The van der Waals surface area contributed by atoms with Gasteiger partial charge in [0.25, 0.3) is 0 Å². The smallest absolute Gasteiger partial charge is 0.230 e. The van der Waals surface area contributed by atoms with E-state index in [1.807, 2.05) is 35.2 Å². The molecule has 25 heavy (non-hydrogen) atoms. The minimum atomic E-state index is -0.0571. The van der Waals surface area contributed by atoms with Gasteiger partial charge in [-0.25, -0.2) is 0 Å². The molecule has 1 aliphatic rings. The number of nitrogens with one attached hydrogen (secondary N) is 1. The van der Waals surface area contributed by atoms with Crippen molar-refractivity contribution in [3.8, 4) is 0 Å². The monoisotopic (exact) mass is 344 g/mol. The first-order valence-corrected chi connectivity index (χ1v) is 9.64. The van der Waals surface area contributed by atoms with E-state index in [9.17, 15) is 9.59 Å². The van der Waals surface area contributed by atoms with Crippen LogP contribution in [-0.4, -0.2) is 35.8 Å². The van der Waals surface area contributed by atoms with E-state index in [1.54, 1.807) is 0 Å². The average Bonchev–Trinajstić information content (AvgIpc) is 2.62. The van der Waals surface area contributed by atoms with Gasteiger partial charge in [0, 0.05) is 25.6 Å². The largest absolute Gasteiger partial charge is 0.353 e. The molecule has 0 spiro atoms. The average molecular weight is 344 g/mol. The number of likely N-dealkylation sites (tertiary alicyclic amines) is 1. The molecule has 4 nitrogen and oxygen atoms in total. The Balaban J connectivity index is 1.82. The van der Waals surface area contributed by atoms with Gasteiger partial charge in [-0.1, -0.05) is 51.1 Å². The molecule has 0 radical (unpaired) electrons. The van der Waals surface area contributed by atoms with Crippen LogP contribution >= 0.6 is 0 Å². The normalized spacial score (nSPS) is 16.7. The predicted molar refractivity (Wildman–Crippen MR) is 101 cm³/mol. The molecular formula is C21H32N2O2. The summed E-state index contributed by atoms with van der Waals surface area (Å²) in [6, 6.07) is 10.2. The molecule has 1 N–H and O–H groups in total. The van der Waals surface area contributed by atoms with Crippen molar-refractivity contribution >= 4 is 11.8 Å². The summed E-state index contributed by atoms with van der Waals surface area (Å²) in [5.41, 5.74) is 1.10. The van der Waals surface area contributed by atoms with Crippen molar-refractivity contribution in [1.82, 2.24) is 10.2 Å². The summed E-state index contributed by atoms with van der Waals surface area (Å²) in [6.07, 6.45) is 4.05. The second-order valence-corrected chi connectivity index (χ2v) is 7.47. The number of piperidine rings is 1. The molecule has 1 heterocycles. The molecule has 0 saturated carbocycles. The van der Waals surface area contributed by atoms with E-state index in [0.29, 0.717) is 12.3 Å². The van der Waals surface area contributed by atoms with Crippen molar-refractivity contribution in [2.75, 3.05) is 13.1 Å². The molecule has 0 aliphatic carbocycles. The summed E-state index contributed by atoms with van der Waals surface area (Å²) in [6.45, 7) is 7.80. The lowest BCUT2D eigenvalue weighted by Gasteiger charge is -2.34. The highest BCUT2D eigenvalue weighted by atomic mass is 16.2. The first-order chi connectivity index (χ1) is 12.0. The number of nitrogens with zero attached hydrogens (tertiary/aromatic N) is 1. The lowest BCUT2D eigenvalue weighted by atomic mass is 9.93. The number of carbonyl (C=O) groups excluding carboxylic acids is 2. The van der Waals surface area contributed by atoms with E-state index in [0.717, 1.165) is 44.3 Å². The molecule has 1 saturated heterocycles. The maximum absolute atomic E-state index is 12.9. The first kappa shape index (κ1) is 19.5. The zero-order valence-electron chi connectivity index (χ0n) is 15.8. The number of benzene rings is 1. The molecule has 4 heteroatoms. The van der Waals surface area contributed by atoms with Gasteiger partial charge in [-0.05, 0) is 37.2 Å². The Labute approximate surface area is 152 Å². The van der Waals surface area contributed by atoms with E-state index in [-0.39, 0.29) is 23.8 Å². The number of carbonyl (C=O) groups is 2. The number of hydrogen-bond donors (Lipinski definition) is 1. The maximum atomic E-state index is 12.9. The molecule has 1 aliphatic heterocycles. The van der Waals surface area contributed by atoms with E-state index >= 15 is 0 Å². The number of rotatable bonds is 7. The van der Waals surface area contributed by atoms with Crippen LogP contribution in [0.5, 0.6) is 0 Å². The zero-order chi connectivity index (χ0) is 18.2. The van der Waals surface area contributed by atoms with Crippen molar-refractivity contribution in [3.05, 3.63) is 35.9 Å². The summed E-state index contributed by atoms with van der Waals surface area (Å²) >= 11 is 0. The third-order valence-electron chi connectivity index (χ3n) is 5.03. The highest BCUT2D eigenvalue weighted by molar-refractivity contribution is 5.84. The van der Waals surface area contributed by atoms with Crippen LogP contribution in [0.2, 0.25) is 0 Å². The van der Waals surface area contributed by atoms with Crippen LogP contribution in [0.3, 0.4) is 0 Å². The van der Waals surface area contributed by atoms with Crippen LogP contribution in [0, 0.1) is 5.92 Å². The minimum Gasteiger partial charge on any atom is -0.353 e. The van der Waals surface area contributed by atoms with Gasteiger partial charge >= 0.3 is 0 Å². The highest BCUT2D eigenvalue weighted by Gasteiger charge is 2.28. The first-order valence-electron chi connectivity index (χ1n) is 9.64. The number of hydrogen-bond acceptors (Lipinski definition) is 2. The van der Waals surface area contributed by atoms with Gasteiger partial charge in [0.15, 0.2) is 0 Å². The Morgan fingerprint density at radius 1 is 1.16 bits per heavy atom. The third kappa shape index (κ3) is 5.87. The molecule has 1 aromatic carbocycles. The summed E-state index contributed by atoms with van der Waals surface area (Å²) in [5.74, 6) is 0.861. The molecular weight excluding hydrogens is 312 g/mol. The van der Waals surface area contributed by atoms with Crippen LogP contribution in [0.1, 0.15) is 64.4 Å². The van der Waals surface area contributed by atoms with Gasteiger partial charge in [-0.2, -0.15) is 0 Å². The molecule has 1 aromatic rings. The van der Waals surface area contributed by atoms with Crippen LogP contribution in [-0.2, 0) is 9.59 Å². The fraction of sp³-hybridized carbons (Fsp3) is 0.619. The zero-order valence-corrected chi connectivity index (χ0v) is 15.8. The molecule has 1 unspecified atom stereocenters. The second kappa shape index (κ2) is 9.59. The minimum absolute atomic E-state index is 0.0571. The van der Waals surface area contributed by atoms with Gasteiger partial charge < -0.3 is 10.2 Å². The van der Waals surface area contributed by atoms with E-state index in [4.69, 9.17) is 0 Å². The lowest BCUT2D eigenvalue weighted by Crippen LogP contribution is -2.47. The van der Waals surface area contributed by atoms with Crippen LogP contribution < -0.4 is 5.32 Å². The molecule has 138 valence electrons. The SMILES string of the molecule is CCC(C(=O)N1CCC(NC(=O)CCC(C)C)CC1)c1ccccc1. The van der Waals surface area contributed by atoms with Crippen molar-refractivity contribution < 1.29 is 9.59 Å². The predicted octanol–water partition coefficient (Wildman–Crippen LogP) is 3.72. The van der Waals surface area contributed by atoms with Gasteiger partial charge in [0.05, 0.1) is 5.92 Å². The van der Waals surface area contributed by atoms with Gasteiger partial charge in [-0.3, -0.25) is 9.59 Å². The van der Waals surface area contributed by atoms with Crippen molar-refractivity contribution in [2.45, 2.75) is 64.8 Å². The molecule has 2 rings (SSSR count). The van der Waals surface area contributed by atoms with Crippen LogP contribution in [0.25, 0.3) is 0 Å². The highest BCUT2D eigenvalue weighted by Crippen LogP contribution is 2.24. The fourth-order valence-corrected chi connectivity index (χ4v) is 3.42. The van der Waals surface area contributed by atoms with Gasteiger partial charge in [-0.15, -0.1) is 0 Å². The summed E-state index contributed by atoms with van der Waals surface area (Å²) in [5, 5.41) is 3.13. The van der Waals surface area contributed by atoms with Crippen molar-refractivity contribution in [2.24, 2.45) is 5.92 Å². The molecule has 2 amide bonds. The van der Waals surface area contributed by atoms with E-state index < -0.39 is 0 Å². The number of amides is 2. The summed E-state index contributed by atoms with van der Waals surface area (Å²) < 4.78 is 0. The molecule has 1 fully saturated rings. The molecule has 1 atom stereocenters. The summed E-state index contributed by atoms with van der Waals surface area (Å²) in [4.78, 5) is 26.8. The lowest BCUT2D eigenvalue weighted by molar-refractivity contribution is -0.134. The Kier molecular flexibility index (Phi) is 7.48. The van der Waals surface area contributed by atoms with Crippen LogP contribution in [0.4, 0.5) is 0 Å². The van der Waals surface area contributed by atoms with Crippen molar-refractivity contribution in [3.63, 3.8) is 0 Å². The standard InChI is InChI=1S/C21H32N2O2/c1-4-19(17-8-6-5-7-9-17)21(25)23-14-12-18(13-15-23)22-20(24)11-10-16(2)3/h5-9,16,18-19H,4,10-15H2,1-3H3,(H,22,24). The van der Waals surface area contributed by atoms with E-state index in [1.165, 1.54) is 0 Å². The Hall–Kier alpha value is -1.84.